The largest absolute Gasteiger partial charge is 0.326 e. The first kappa shape index (κ1) is 22.6. The van der Waals surface area contributed by atoms with Crippen LogP contribution in [0.1, 0.15) is 37.8 Å². The van der Waals surface area contributed by atoms with Gasteiger partial charge in [-0.15, -0.1) is 0 Å². The van der Waals surface area contributed by atoms with Gasteiger partial charge in [-0.05, 0) is 46.9 Å². The van der Waals surface area contributed by atoms with E-state index in [1.165, 1.54) is 11.2 Å². The molecule has 1 amide bonds. The van der Waals surface area contributed by atoms with Crippen LogP contribution in [0.25, 0.3) is 11.1 Å². The Bertz CT molecular complexity index is 1100. The number of carbonyl (C=O) groups excluding carboxylic acids is 1. The lowest BCUT2D eigenvalue weighted by molar-refractivity contribution is -0.114. The number of hydrogen-bond donors (Lipinski definition) is 3. The van der Waals surface area contributed by atoms with Crippen LogP contribution in [-0.4, -0.2) is 19.7 Å². The van der Waals surface area contributed by atoms with Crippen molar-refractivity contribution in [1.29, 1.82) is 0 Å². The Kier molecular flexibility index (Phi) is 7.17. The highest BCUT2D eigenvalue weighted by Gasteiger charge is 2.19. The van der Waals surface area contributed by atoms with Crippen LogP contribution < -0.4 is 15.4 Å². The number of rotatable bonds is 7. The highest BCUT2D eigenvalue weighted by molar-refractivity contribution is 7.81. The molecule has 162 valence electrons. The van der Waals surface area contributed by atoms with Gasteiger partial charge >= 0.3 is 0 Å². The molecule has 3 aromatic rings. The first-order valence-electron chi connectivity index (χ1n) is 9.87. The molecule has 1 aromatic heterocycles. The molecule has 0 bridgehead atoms. The number of nitrogens with two attached hydrogens (primary N) is 1. The normalized spacial score (nSPS) is 11.9. The number of pyridine rings is 1. The van der Waals surface area contributed by atoms with E-state index in [1.807, 2.05) is 36.4 Å². The summed E-state index contributed by atoms with van der Waals surface area (Å²) >= 11 is -2.31. The molecule has 8 heteroatoms. The highest BCUT2D eigenvalue weighted by atomic mass is 32.2. The van der Waals surface area contributed by atoms with E-state index in [0.717, 1.165) is 22.3 Å². The standard InChI is InChI=1S/C23H26N4O3S/c1-15(2)17-6-8-22(9-7-17)27(31(29)30)23-11-18(4-5-19(23)12-24)20-10-21(14-25-13-20)26-16(3)28/h4-11,13-15H,12,24H2,1-3H3,(H,26,28)(H,29,30). The van der Waals surface area contributed by atoms with Crippen molar-refractivity contribution in [2.24, 2.45) is 5.73 Å². The van der Waals surface area contributed by atoms with Gasteiger partial charge in [0.25, 0.3) is 11.3 Å². The summed E-state index contributed by atoms with van der Waals surface area (Å²) < 4.78 is 23.8. The number of hydrogen-bond acceptors (Lipinski definition) is 4. The lowest BCUT2D eigenvalue weighted by Gasteiger charge is -2.24. The Morgan fingerprint density at radius 1 is 1.13 bits per heavy atom. The minimum Gasteiger partial charge on any atom is -0.326 e. The second-order valence-electron chi connectivity index (χ2n) is 7.46. The second-order valence-corrected chi connectivity index (χ2v) is 8.29. The molecule has 1 heterocycles. The number of nitrogens with one attached hydrogen (secondary N) is 1. The molecule has 4 N–H and O–H groups in total. The lowest BCUT2D eigenvalue weighted by Crippen LogP contribution is -2.21. The molecule has 0 fully saturated rings. The topological polar surface area (TPSA) is 109 Å². The highest BCUT2D eigenvalue weighted by Crippen LogP contribution is 2.34. The third-order valence-electron chi connectivity index (χ3n) is 4.87. The zero-order valence-electron chi connectivity index (χ0n) is 17.7. The fraction of sp³-hybridized carbons (Fsp3) is 0.217. The van der Waals surface area contributed by atoms with Gasteiger partial charge in [-0.2, -0.15) is 0 Å². The third-order valence-corrected chi connectivity index (χ3v) is 5.59. The number of aromatic nitrogens is 1. The van der Waals surface area contributed by atoms with Gasteiger partial charge in [-0.3, -0.25) is 14.3 Å². The Morgan fingerprint density at radius 3 is 2.42 bits per heavy atom. The molecule has 0 aliphatic rings. The molecule has 0 radical (unpaired) electrons. The molecular formula is C23H26N4O3S. The molecule has 0 saturated carbocycles. The van der Waals surface area contributed by atoms with E-state index in [9.17, 15) is 13.6 Å². The fourth-order valence-electron chi connectivity index (χ4n) is 3.28. The number of carbonyl (C=O) groups is 1. The first-order valence-corrected chi connectivity index (χ1v) is 10.9. The summed E-state index contributed by atoms with van der Waals surface area (Å²) in [4.78, 5) is 15.6. The van der Waals surface area contributed by atoms with E-state index in [0.29, 0.717) is 23.0 Å². The Morgan fingerprint density at radius 2 is 1.84 bits per heavy atom. The quantitative estimate of drug-likeness (QED) is 0.469. The molecule has 7 nitrogen and oxygen atoms in total. The van der Waals surface area contributed by atoms with E-state index in [4.69, 9.17) is 5.73 Å². The van der Waals surface area contributed by atoms with Crippen LogP contribution in [0.3, 0.4) is 0 Å². The third kappa shape index (κ3) is 5.35. The maximum atomic E-state index is 12.3. The fourth-order valence-corrected chi connectivity index (χ4v) is 3.92. The van der Waals surface area contributed by atoms with E-state index in [1.54, 1.807) is 24.5 Å². The SMILES string of the molecule is CC(=O)Nc1cncc(-c2ccc(CN)c(N(c3ccc(C(C)C)cc3)S(=O)O)c2)c1. The summed E-state index contributed by atoms with van der Waals surface area (Å²) in [5, 5.41) is 2.71. The maximum absolute atomic E-state index is 12.3. The number of benzene rings is 2. The molecule has 0 spiro atoms. The van der Waals surface area contributed by atoms with Crippen LogP contribution in [-0.2, 0) is 22.6 Å². The van der Waals surface area contributed by atoms with Crippen molar-refractivity contribution >= 4 is 34.2 Å². The summed E-state index contributed by atoms with van der Waals surface area (Å²) in [5.74, 6) is 0.165. The monoisotopic (exact) mass is 438 g/mol. The smallest absolute Gasteiger partial charge is 0.266 e. The number of nitrogens with zero attached hydrogens (tertiary/aromatic N) is 2. The average Bonchev–Trinajstić information content (AvgIpc) is 2.73. The molecule has 1 unspecified atom stereocenters. The molecule has 31 heavy (non-hydrogen) atoms. The van der Waals surface area contributed by atoms with Gasteiger partial charge < -0.3 is 11.1 Å². The molecule has 0 saturated heterocycles. The van der Waals surface area contributed by atoms with Crippen LogP contribution in [0.4, 0.5) is 17.1 Å². The van der Waals surface area contributed by atoms with Crippen LogP contribution >= 0.6 is 0 Å². The van der Waals surface area contributed by atoms with Crippen molar-refractivity contribution < 1.29 is 13.6 Å². The Balaban J connectivity index is 2.08. The van der Waals surface area contributed by atoms with E-state index < -0.39 is 11.3 Å². The molecule has 2 aromatic carbocycles. The van der Waals surface area contributed by atoms with Crippen molar-refractivity contribution in [1.82, 2.24) is 4.98 Å². The van der Waals surface area contributed by atoms with E-state index in [-0.39, 0.29) is 12.5 Å². The van der Waals surface area contributed by atoms with E-state index in [2.05, 4.69) is 24.1 Å². The predicted octanol–water partition coefficient (Wildman–Crippen LogP) is 4.56. The van der Waals surface area contributed by atoms with Crippen molar-refractivity contribution in [3.63, 3.8) is 0 Å². The molecule has 1 atom stereocenters. The van der Waals surface area contributed by atoms with Gasteiger partial charge in [0, 0.05) is 25.2 Å². The summed E-state index contributed by atoms with van der Waals surface area (Å²) in [5.41, 5.74) is 11.0. The molecule has 0 aliphatic carbocycles. The maximum Gasteiger partial charge on any atom is 0.266 e. The zero-order chi connectivity index (χ0) is 22.5. The van der Waals surface area contributed by atoms with Gasteiger partial charge in [0.1, 0.15) is 0 Å². The van der Waals surface area contributed by atoms with Gasteiger partial charge in [-0.1, -0.05) is 38.1 Å². The van der Waals surface area contributed by atoms with Crippen molar-refractivity contribution in [3.8, 4) is 11.1 Å². The number of amides is 1. The zero-order valence-corrected chi connectivity index (χ0v) is 18.5. The minimum atomic E-state index is -2.31. The summed E-state index contributed by atoms with van der Waals surface area (Å²) in [6.07, 6.45) is 3.23. The van der Waals surface area contributed by atoms with Crippen molar-refractivity contribution in [2.75, 3.05) is 9.62 Å². The van der Waals surface area contributed by atoms with Crippen molar-refractivity contribution in [2.45, 2.75) is 33.2 Å². The van der Waals surface area contributed by atoms with Gasteiger partial charge in [0.2, 0.25) is 5.91 Å². The molecule has 0 aliphatic heterocycles. The Labute approximate surface area is 184 Å². The number of anilines is 3. The van der Waals surface area contributed by atoms with Crippen molar-refractivity contribution in [3.05, 3.63) is 72.1 Å². The summed E-state index contributed by atoms with van der Waals surface area (Å²) in [6, 6.07) is 14.9. The Hall–Kier alpha value is -3.07. The minimum absolute atomic E-state index is 0.190. The van der Waals surface area contributed by atoms with Crippen LogP contribution in [0.5, 0.6) is 0 Å². The van der Waals surface area contributed by atoms with Crippen LogP contribution in [0.15, 0.2) is 60.9 Å². The molecule has 3 rings (SSSR count). The van der Waals surface area contributed by atoms with Gasteiger partial charge in [-0.25, -0.2) is 8.51 Å². The molecular weight excluding hydrogens is 412 g/mol. The lowest BCUT2D eigenvalue weighted by atomic mass is 10.0. The second kappa shape index (κ2) is 9.82. The predicted molar refractivity (Wildman–Crippen MR) is 125 cm³/mol. The summed E-state index contributed by atoms with van der Waals surface area (Å²) in [6.45, 7) is 5.82. The van der Waals surface area contributed by atoms with Crippen LogP contribution in [0, 0.1) is 0 Å². The average molecular weight is 439 g/mol. The van der Waals surface area contributed by atoms with Gasteiger partial charge in [0.05, 0.1) is 23.3 Å². The summed E-state index contributed by atoms with van der Waals surface area (Å²) in [7, 11) is 0. The van der Waals surface area contributed by atoms with Crippen LogP contribution in [0.2, 0.25) is 0 Å². The van der Waals surface area contributed by atoms with Gasteiger partial charge in [0.15, 0.2) is 0 Å². The first-order chi connectivity index (χ1) is 14.8. The van der Waals surface area contributed by atoms with E-state index >= 15 is 0 Å².